The first-order valence-corrected chi connectivity index (χ1v) is 12.1. The van der Waals surface area contributed by atoms with Gasteiger partial charge in [-0.1, -0.05) is 0 Å². The predicted octanol–water partition coefficient (Wildman–Crippen LogP) is 2.39. The van der Waals surface area contributed by atoms with Crippen molar-refractivity contribution in [1.29, 1.82) is 0 Å². The summed E-state index contributed by atoms with van der Waals surface area (Å²) in [6.45, 7) is 4.15. The Morgan fingerprint density at radius 1 is 1.14 bits per heavy atom. The van der Waals surface area contributed by atoms with Crippen molar-refractivity contribution in [3.63, 3.8) is 0 Å². The Labute approximate surface area is 174 Å². The van der Waals surface area contributed by atoms with Crippen molar-refractivity contribution < 1.29 is 13.2 Å². The Bertz CT molecular complexity index is 853. The number of aryl methyl sites for hydroxylation is 2. The Hall–Kier alpha value is -1.22. The molecule has 1 atom stereocenters. The molecule has 8 heteroatoms. The second kappa shape index (κ2) is 9.29. The van der Waals surface area contributed by atoms with E-state index in [1.165, 1.54) is 39.8 Å². The summed E-state index contributed by atoms with van der Waals surface area (Å²) in [4.78, 5) is 12.7. The first kappa shape index (κ1) is 22.5. The molecule has 1 aromatic heterocycles. The summed E-state index contributed by atoms with van der Waals surface area (Å²) >= 11 is 0. The van der Waals surface area contributed by atoms with Crippen LogP contribution in [0.4, 0.5) is 0 Å². The summed E-state index contributed by atoms with van der Waals surface area (Å²) in [6.07, 6.45) is 9.31. The van der Waals surface area contributed by atoms with Crippen LogP contribution in [-0.2, 0) is 14.9 Å². The molecule has 2 fully saturated rings. The number of ether oxygens (including phenoxy) is 1. The lowest BCUT2D eigenvalue weighted by Crippen LogP contribution is -2.42. The lowest BCUT2D eigenvalue weighted by molar-refractivity contribution is -0.000185. The average Bonchev–Trinajstić information content (AvgIpc) is 3.50. The Morgan fingerprint density at radius 3 is 2.28 bits per heavy atom. The SMILES string of the molecule is Cc1cc(C)c(=O)n(C(CNS(=O)(=O)N(C)C)COC2CCC(C3CC3)CC2)c1. The standard InChI is InChI=1S/C21H35N3O4S/c1-15-11-16(2)21(25)24(13-15)19(12-22-29(26,27)23(3)4)14-28-20-9-7-18(8-10-20)17-5-6-17/h11,13,17-20,22H,5-10,12,14H2,1-4H3. The van der Waals surface area contributed by atoms with E-state index >= 15 is 0 Å². The first-order valence-electron chi connectivity index (χ1n) is 10.7. The number of aromatic nitrogens is 1. The maximum Gasteiger partial charge on any atom is 0.279 e. The van der Waals surface area contributed by atoms with Crippen LogP contribution in [0.25, 0.3) is 0 Å². The lowest BCUT2D eigenvalue weighted by Gasteiger charge is -2.30. The van der Waals surface area contributed by atoms with Crippen molar-refractivity contribution in [2.24, 2.45) is 11.8 Å². The van der Waals surface area contributed by atoms with Crippen molar-refractivity contribution in [1.82, 2.24) is 13.6 Å². The smallest absolute Gasteiger partial charge is 0.279 e. The molecular weight excluding hydrogens is 390 g/mol. The van der Waals surface area contributed by atoms with Gasteiger partial charge in [-0.25, -0.2) is 0 Å². The summed E-state index contributed by atoms with van der Waals surface area (Å²) in [5, 5.41) is 0. The highest BCUT2D eigenvalue weighted by Gasteiger charge is 2.34. The molecule has 1 N–H and O–H groups in total. The fourth-order valence-corrected chi connectivity index (χ4v) is 4.96. The maximum absolute atomic E-state index is 12.7. The minimum absolute atomic E-state index is 0.106. The van der Waals surface area contributed by atoms with Gasteiger partial charge in [-0.05, 0) is 75.8 Å². The molecule has 1 aromatic rings. The highest BCUT2D eigenvalue weighted by Crippen LogP contribution is 2.44. The third kappa shape index (κ3) is 5.90. The molecule has 29 heavy (non-hydrogen) atoms. The van der Waals surface area contributed by atoms with Gasteiger partial charge in [0.25, 0.3) is 15.8 Å². The largest absolute Gasteiger partial charge is 0.376 e. The molecule has 7 nitrogen and oxygen atoms in total. The van der Waals surface area contributed by atoms with E-state index in [-0.39, 0.29) is 18.2 Å². The van der Waals surface area contributed by atoms with Gasteiger partial charge in [-0.2, -0.15) is 17.4 Å². The molecule has 0 spiro atoms. The van der Waals surface area contributed by atoms with E-state index in [1.54, 1.807) is 17.7 Å². The quantitative estimate of drug-likeness (QED) is 0.659. The van der Waals surface area contributed by atoms with Crippen molar-refractivity contribution in [2.45, 2.75) is 64.5 Å². The number of rotatable bonds is 9. The van der Waals surface area contributed by atoms with E-state index in [1.807, 2.05) is 13.0 Å². The van der Waals surface area contributed by atoms with E-state index in [9.17, 15) is 13.2 Å². The molecule has 2 saturated carbocycles. The first-order chi connectivity index (χ1) is 13.7. The molecule has 2 aliphatic rings. The summed E-state index contributed by atoms with van der Waals surface area (Å²) in [6, 6.07) is 1.46. The molecule has 0 bridgehead atoms. The van der Waals surface area contributed by atoms with E-state index in [0.29, 0.717) is 12.2 Å². The molecule has 1 heterocycles. The summed E-state index contributed by atoms with van der Waals surface area (Å²) in [7, 11) is -0.612. The maximum atomic E-state index is 12.7. The third-order valence-corrected chi connectivity index (χ3v) is 7.76. The lowest BCUT2D eigenvalue weighted by atomic mass is 9.84. The summed E-state index contributed by atoms with van der Waals surface area (Å²) in [5.41, 5.74) is 1.51. The normalized spacial score (nSPS) is 24.0. The zero-order chi connectivity index (χ0) is 21.2. The fourth-order valence-electron chi connectivity index (χ4n) is 4.30. The second-order valence-corrected chi connectivity index (χ2v) is 10.9. The van der Waals surface area contributed by atoms with E-state index in [2.05, 4.69) is 4.72 Å². The monoisotopic (exact) mass is 425 g/mol. The molecule has 0 amide bonds. The van der Waals surface area contributed by atoms with E-state index < -0.39 is 16.3 Å². The van der Waals surface area contributed by atoms with Gasteiger partial charge in [0.05, 0.1) is 18.8 Å². The average molecular weight is 426 g/mol. The van der Waals surface area contributed by atoms with Crippen LogP contribution in [0.3, 0.4) is 0 Å². The fraction of sp³-hybridized carbons (Fsp3) is 0.762. The van der Waals surface area contributed by atoms with Gasteiger partial charge < -0.3 is 9.30 Å². The van der Waals surface area contributed by atoms with Gasteiger partial charge in [-0.3, -0.25) is 4.79 Å². The minimum Gasteiger partial charge on any atom is -0.376 e. The number of hydrogen-bond acceptors (Lipinski definition) is 4. The zero-order valence-corrected chi connectivity index (χ0v) is 18.9. The molecule has 3 rings (SSSR count). The van der Waals surface area contributed by atoms with Gasteiger partial charge in [0.15, 0.2) is 0 Å². The Morgan fingerprint density at radius 2 is 1.72 bits per heavy atom. The molecule has 0 radical (unpaired) electrons. The van der Waals surface area contributed by atoms with Crippen molar-refractivity contribution in [3.05, 3.63) is 33.7 Å². The predicted molar refractivity (Wildman–Crippen MR) is 114 cm³/mol. The van der Waals surface area contributed by atoms with Gasteiger partial charge in [0.1, 0.15) is 0 Å². The van der Waals surface area contributed by atoms with Crippen LogP contribution in [0.1, 0.15) is 55.7 Å². The minimum atomic E-state index is -3.58. The van der Waals surface area contributed by atoms with Gasteiger partial charge in [0, 0.05) is 32.4 Å². The van der Waals surface area contributed by atoms with Crippen LogP contribution < -0.4 is 10.3 Å². The topological polar surface area (TPSA) is 80.6 Å². The molecule has 0 aliphatic heterocycles. The van der Waals surface area contributed by atoms with Crippen molar-refractivity contribution in [3.8, 4) is 0 Å². The number of hydrogen-bond donors (Lipinski definition) is 1. The van der Waals surface area contributed by atoms with Gasteiger partial charge in [0.2, 0.25) is 0 Å². The van der Waals surface area contributed by atoms with Crippen molar-refractivity contribution >= 4 is 10.2 Å². The van der Waals surface area contributed by atoms with E-state index in [4.69, 9.17) is 4.74 Å². The number of nitrogens with one attached hydrogen (secondary N) is 1. The molecule has 1 unspecified atom stereocenters. The Kier molecular flexibility index (Phi) is 7.19. The van der Waals surface area contributed by atoms with Gasteiger partial charge in [-0.15, -0.1) is 0 Å². The van der Waals surface area contributed by atoms with Crippen LogP contribution in [0.15, 0.2) is 17.1 Å². The highest BCUT2D eigenvalue weighted by atomic mass is 32.2. The third-order valence-electron chi connectivity index (χ3n) is 6.27. The molecule has 2 aliphatic carbocycles. The van der Waals surface area contributed by atoms with Crippen LogP contribution in [0.2, 0.25) is 0 Å². The molecular formula is C21H35N3O4S. The van der Waals surface area contributed by atoms with Crippen LogP contribution in [0.5, 0.6) is 0 Å². The zero-order valence-electron chi connectivity index (χ0n) is 18.1. The van der Waals surface area contributed by atoms with Crippen LogP contribution in [-0.4, -0.2) is 50.6 Å². The van der Waals surface area contributed by atoms with Crippen LogP contribution in [0, 0.1) is 25.7 Å². The van der Waals surface area contributed by atoms with Crippen molar-refractivity contribution in [2.75, 3.05) is 27.2 Å². The number of nitrogens with zero attached hydrogens (tertiary/aromatic N) is 2. The summed E-state index contributed by atoms with van der Waals surface area (Å²) < 4.78 is 35.9. The highest BCUT2D eigenvalue weighted by molar-refractivity contribution is 7.87. The van der Waals surface area contributed by atoms with Crippen LogP contribution >= 0.6 is 0 Å². The Balaban J connectivity index is 1.68. The molecule has 164 valence electrons. The van der Waals surface area contributed by atoms with E-state index in [0.717, 1.165) is 34.5 Å². The van der Waals surface area contributed by atoms with Gasteiger partial charge >= 0.3 is 0 Å². The summed E-state index contributed by atoms with van der Waals surface area (Å²) in [5.74, 6) is 1.80. The molecule has 0 aromatic carbocycles. The second-order valence-electron chi connectivity index (χ2n) is 8.91. The molecule has 0 saturated heterocycles. The number of pyridine rings is 1.